The highest BCUT2D eigenvalue weighted by Gasteiger charge is 2.49. The van der Waals surface area contributed by atoms with Gasteiger partial charge in [0.05, 0.1) is 19.9 Å². The summed E-state index contributed by atoms with van der Waals surface area (Å²) in [5, 5.41) is 10.4. The number of nitrogens with zero attached hydrogens (tertiary/aromatic N) is 1. The third kappa shape index (κ3) is 5.76. The predicted molar refractivity (Wildman–Crippen MR) is 87.3 cm³/mol. The number of phosphoric acid groups is 2. The molecule has 1 saturated heterocycles. The topological polar surface area (TPSA) is 210 Å². The molecule has 0 bridgehead atoms. The van der Waals surface area contributed by atoms with Gasteiger partial charge in [0.15, 0.2) is 11.0 Å². The number of hydrogen-bond donors (Lipinski definition) is 6. The Kier molecular flexibility index (Phi) is 6.77. The van der Waals surface area contributed by atoms with Gasteiger partial charge in [-0.15, -0.1) is 0 Å². The van der Waals surface area contributed by atoms with Crippen LogP contribution in [-0.2, 0) is 22.9 Å². The highest BCUT2D eigenvalue weighted by atomic mass is 32.1. The Hall–Kier alpha value is -0.960. The van der Waals surface area contributed by atoms with E-state index in [0.717, 1.165) is 10.8 Å². The number of H-pyrrole nitrogens is 1. The Morgan fingerprint density at radius 1 is 1.30 bits per heavy atom. The molecule has 14 nitrogen and oxygen atoms in total. The van der Waals surface area contributed by atoms with E-state index in [0.29, 0.717) is 0 Å². The molecule has 0 spiro atoms. The van der Waals surface area contributed by atoms with Crippen molar-refractivity contribution in [2.24, 2.45) is 0 Å². The number of hydrogen-bond acceptors (Lipinski definition) is 9. The zero-order chi connectivity index (χ0) is 20.6. The van der Waals surface area contributed by atoms with Gasteiger partial charge >= 0.3 is 15.6 Å². The summed E-state index contributed by atoms with van der Waals surface area (Å²) in [4.78, 5) is 49.5. The van der Waals surface area contributed by atoms with Crippen molar-refractivity contribution in [2.75, 3.05) is 13.7 Å². The van der Waals surface area contributed by atoms with Crippen molar-refractivity contribution in [1.29, 1.82) is 0 Å². The molecule has 27 heavy (non-hydrogen) atoms. The van der Waals surface area contributed by atoms with Gasteiger partial charge in [0.2, 0.25) is 5.75 Å². The Bertz CT molecular complexity index is 889. The Morgan fingerprint density at radius 2 is 1.93 bits per heavy atom. The standard InChI is InChI=1S/C10H16N2O12P2S/c1-21-4-2-12(10(27)11-8(4)14)9-6(13)7(24-26(18,19)20)5(23-9)3-22-25(15,16)17/h2,5-7,9,13H,3H2,1H3,(H,11,14,27)(H2,15,16,17)(H2,18,19,20). The van der Waals surface area contributed by atoms with Crippen LogP contribution >= 0.6 is 27.9 Å². The molecular formula is C10H16N2O12P2S. The van der Waals surface area contributed by atoms with Gasteiger partial charge < -0.3 is 34.2 Å². The summed E-state index contributed by atoms with van der Waals surface area (Å²) in [6.45, 7) is -0.865. The van der Waals surface area contributed by atoms with Crippen molar-refractivity contribution in [1.82, 2.24) is 9.55 Å². The summed E-state index contributed by atoms with van der Waals surface area (Å²) < 4.78 is 41.7. The fourth-order valence-corrected chi connectivity index (χ4v) is 3.51. The lowest BCUT2D eigenvalue weighted by Gasteiger charge is -2.21. The smallest absolute Gasteiger partial charge is 0.470 e. The molecule has 4 atom stereocenters. The first-order chi connectivity index (χ1) is 12.3. The molecule has 0 saturated carbocycles. The number of rotatable bonds is 7. The minimum atomic E-state index is -5.11. The number of nitrogens with one attached hydrogen (secondary N) is 1. The van der Waals surface area contributed by atoms with Crippen LogP contribution in [-0.4, -0.2) is 66.3 Å². The fraction of sp³-hybridized carbons (Fsp3) is 0.600. The highest BCUT2D eigenvalue weighted by molar-refractivity contribution is 7.71. The maximum absolute atomic E-state index is 11.7. The third-order valence-electron chi connectivity index (χ3n) is 3.40. The molecular weight excluding hydrogens is 434 g/mol. The molecule has 0 radical (unpaired) electrons. The first kappa shape index (κ1) is 22.3. The second-order valence-corrected chi connectivity index (χ2v) is 8.08. The van der Waals surface area contributed by atoms with E-state index in [1.165, 1.54) is 7.11 Å². The van der Waals surface area contributed by atoms with Crippen LogP contribution in [0.2, 0.25) is 0 Å². The maximum Gasteiger partial charge on any atom is 0.470 e. The monoisotopic (exact) mass is 450 g/mol. The SMILES string of the molecule is COc1cn(C2OC(COP(=O)(O)O)C(OP(=O)(O)O)C2O)c(=S)[nH]c1=O. The molecule has 2 heterocycles. The lowest BCUT2D eigenvalue weighted by atomic mass is 10.1. The fourth-order valence-electron chi connectivity index (χ4n) is 2.34. The van der Waals surface area contributed by atoms with Crippen LogP contribution in [0.4, 0.5) is 0 Å². The van der Waals surface area contributed by atoms with Gasteiger partial charge in [0, 0.05) is 0 Å². The maximum atomic E-state index is 11.7. The molecule has 1 aliphatic rings. The van der Waals surface area contributed by atoms with Crippen molar-refractivity contribution in [3.05, 3.63) is 21.3 Å². The van der Waals surface area contributed by atoms with Crippen molar-refractivity contribution < 1.29 is 52.3 Å². The van der Waals surface area contributed by atoms with E-state index >= 15 is 0 Å². The minimum absolute atomic E-state index is 0.207. The van der Waals surface area contributed by atoms with Crippen LogP contribution in [0.15, 0.2) is 11.0 Å². The molecule has 2 rings (SSSR count). The van der Waals surface area contributed by atoms with Gasteiger partial charge in [-0.2, -0.15) is 0 Å². The Labute approximate surface area is 155 Å². The number of aromatic amines is 1. The predicted octanol–water partition coefficient (Wildman–Crippen LogP) is -1.24. The van der Waals surface area contributed by atoms with Crippen molar-refractivity contribution >= 4 is 27.9 Å². The van der Waals surface area contributed by atoms with Gasteiger partial charge in [-0.05, 0) is 12.2 Å². The first-order valence-corrected chi connectivity index (χ1v) is 10.5. The van der Waals surface area contributed by atoms with Gasteiger partial charge in [-0.25, -0.2) is 9.13 Å². The summed E-state index contributed by atoms with van der Waals surface area (Å²) in [5.74, 6) is -0.207. The molecule has 6 N–H and O–H groups in total. The van der Waals surface area contributed by atoms with Crippen molar-refractivity contribution in [3.63, 3.8) is 0 Å². The van der Waals surface area contributed by atoms with Crippen LogP contribution < -0.4 is 10.3 Å². The number of aliphatic hydroxyl groups is 1. The van der Waals surface area contributed by atoms with Crippen molar-refractivity contribution in [3.8, 4) is 5.75 Å². The molecule has 4 unspecified atom stereocenters. The van der Waals surface area contributed by atoms with Gasteiger partial charge in [-0.1, -0.05) is 0 Å². The summed E-state index contributed by atoms with van der Waals surface area (Å²) in [6, 6.07) is 0. The second-order valence-electron chi connectivity index (χ2n) is 5.27. The average Bonchev–Trinajstić information content (AvgIpc) is 2.80. The van der Waals surface area contributed by atoms with Gasteiger partial charge in [0.25, 0.3) is 5.56 Å². The zero-order valence-electron chi connectivity index (χ0n) is 13.4. The number of aromatic nitrogens is 2. The average molecular weight is 450 g/mol. The molecule has 154 valence electrons. The molecule has 1 aromatic heterocycles. The summed E-state index contributed by atoms with van der Waals surface area (Å²) >= 11 is 4.96. The minimum Gasteiger partial charge on any atom is -0.490 e. The molecule has 0 aliphatic carbocycles. The number of phosphoric ester groups is 2. The van der Waals surface area contributed by atoms with Gasteiger partial charge in [0.1, 0.15) is 18.3 Å². The Morgan fingerprint density at radius 3 is 2.44 bits per heavy atom. The number of ether oxygens (including phenoxy) is 2. The third-order valence-corrected chi connectivity index (χ3v) is 4.72. The number of methoxy groups -OCH3 is 1. The molecule has 17 heteroatoms. The van der Waals surface area contributed by atoms with Crippen LogP contribution in [0.1, 0.15) is 6.23 Å². The summed E-state index contributed by atoms with van der Waals surface area (Å²) in [5.41, 5.74) is -0.671. The van der Waals surface area contributed by atoms with Crippen molar-refractivity contribution in [2.45, 2.75) is 24.5 Å². The largest absolute Gasteiger partial charge is 0.490 e. The van der Waals surface area contributed by atoms with Gasteiger partial charge in [-0.3, -0.25) is 23.4 Å². The summed E-state index contributed by atoms with van der Waals surface area (Å²) in [7, 11) is -8.86. The van der Waals surface area contributed by atoms with E-state index in [4.69, 9.17) is 41.3 Å². The molecule has 0 aromatic carbocycles. The van der Waals surface area contributed by atoms with Crippen LogP contribution in [0.25, 0.3) is 0 Å². The Balaban J connectivity index is 2.39. The normalized spacial score (nSPS) is 26.3. The molecule has 1 aliphatic heterocycles. The zero-order valence-corrected chi connectivity index (χ0v) is 16.0. The summed E-state index contributed by atoms with van der Waals surface area (Å²) in [6.07, 6.45) is -5.35. The van der Waals surface area contributed by atoms with Crippen LogP contribution in [0.3, 0.4) is 0 Å². The molecule has 0 amide bonds. The quantitative estimate of drug-likeness (QED) is 0.212. The van der Waals surface area contributed by atoms with E-state index < -0.39 is 52.4 Å². The van der Waals surface area contributed by atoms with E-state index in [9.17, 15) is 19.0 Å². The first-order valence-electron chi connectivity index (χ1n) is 6.99. The van der Waals surface area contributed by atoms with E-state index in [-0.39, 0.29) is 10.5 Å². The lowest BCUT2D eigenvalue weighted by molar-refractivity contribution is -0.0535. The molecule has 1 fully saturated rings. The lowest BCUT2D eigenvalue weighted by Crippen LogP contribution is -2.36. The molecule has 1 aromatic rings. The van der Waals surface area contributed by atoms with Crippen LogP contribution in [0, 0.1) is 4.77 Å². The second kappa shape index (κ2) is 8.19. The number of aliphatic hydroxyl groups excluding tert-OH is 1. The van der Waals surface area contributed by atoms with Crippen LogP contribution in [0.5, 0.6) is 5.75 Å². The highest BCUT2D eigenvalue weighted by Crippen LogP contribution is 2.45. The van der Waals surface area contributed by atoms with E-state index in [1.807, 2.05) is 0 Å². The van der Waals surface area contributed by atoms with E-state index in [1.54, 1.807) is 0 Å². The van der Waals surface area contributed by atoms with E-state index in [2.05, 4.69) is 14.0 Å².